The first-order valence-electron chi connectivity index (χ1n) is 10.2. The zero-order valence-corrected chi connectivity index (χ0v) is 17.3. The van der Waals surface area contributed by atoms with Crippen molar-refractivity contribution in [3.63, 3.8) is 0 Å². The molecule has 0 saturated heterocycles. The summed E-state index contributed by atoms with van der Waals surface area (Å²) in [4.78, 5) is 16.8. The molecule has 0 atom stereocenters. The highest BCUT2D eigenvalue weighted by molar-refractivity contribution is 5.92. The van der Waals surface area contributed by atoms with Crippen molar-refractivity contribution >= 4 is 16.8 Å². The van der Waals surface area contributed by atoms with Crippen LogP contribution in [0.2, 0.25) is 0 Å². The van der Waals surface area contributed by atoms with Crippen molar-refractivity contribution in [2.24, 2.45) is 0 Å². The van der Waals surface area contributed by atoms with Crippen LogP contribution in [0.5, 0.6) is 5.75 Å². The number of hydrogen-bond acceptors (Lipinski definition) is 6. The van der Waals surface area contributed by atoms with E-state index in [1.807, 2.05) is 30.3 Å². The fourth-order valence-electron chi connectivity index (χ4n) is 3.31. The largest absolute Gasteiger partial charge is 0.483 e. The summed E-state index contributed by atoms with van der Waals surface area (Å²) in [6, 6.07) is 17.1. The molecule has 0 bridgehead atoms. The molecule has 9 heteroatoms. The second kappa shape index (κ2) is 8.91. The van der Waals surface area contributed by atoms with E-state index < -0.39 is 5.91 Å². The summed E-state index contributed by atoms with van der Waals surface area (Å²) in [7, 11) is 0. The Morgan fingerprint density at radius 1 is 1.12 bits per heavy atom. The minimum atomic E-state index is -0.393. The number of aromatic nitrogens is 4. The van der Waals surface area contributed by atoms with E-state index in [4.69, 9.17) is 9.26 Å². The molecule has 33 heavy (non-hydrogen) atoms. The second-order valence-corrected chi connectivity index (χ2v) is 7.25. The maximum absolute atomic E-state index is 13.4. The first-order chi connectivity index (χ1) is 16.2. The zero-order valence-electron chi connectivity index (χ0n) is 17.3. The minimum Gasteiger partial charge on any atom is -0.483 e. The number of ether oxygens (including phenoxy) is 1. The van der Waals surface area contributed by atoms with Gasteiger partial charge in [0.15, 0.2) is 11.5 Å². The monoisotopic (exact) mass is 443 g/mol. The molecule has 0 aliphatic carbocycles. The van der Waals surface area contributed by atoms with Crippen molar-refractivity contribution in [1.29, 1.82) is 0 Å². The molecule has 164 valence electrons. The molecule has 5 rings (SSSR count). The Kier molecular flexibility index (Phi) is 5.50. The molecule has 0 fully saturated rings. The molecule has 0 spiro atoms. The number of carbonyl (C=O) groups is 1. The Morgan fingerprint density at radius 2 is 2.00 bits per heavy atom. The van der Waals surface area contributed by atoms with Gasteiger partial charge in [-0.05, 0) is 30.3 Å². The zero-order chi connectivity index (χ0) is 22.6. The Labute approximate surface area is 187 Å². The molecule has 1 N–H and O–H groups in total. The third-order valence-electron chi connectivity index (χ3n) is 4.92. The average Bonchev–Trinajstić information content (AvgIpc) is 3.51. The number of pyridine rings is 1. The van der Waals surface area contributed by atoms with Crippen LogP contribution in [0.1, 0.15) is 21.8 Å². The van der Waals surface area contributed by atoms with Crippen LogP contribution in [0.25, 0.3) is 16.6 Å². The van der Waals surface area contributed by atoms with Gasteiger partial charge < -0.3 is 14.6 Å². The summed E-state index contributed by atoms with van der Waals surface area (Å²) in [6.45, 7) is 0.338. The average molecular weight is 443 g/mol. The lowest BCUT2D eigenvalue weighted by atomic mass is 10.2. The second-order valence-electron chi connectivity index (χ2n) is 7.25. The number of hydrogen-bond donors (Lipinski definition) is 1. The van der Waals surface area contributed by atoms with Gasteiger partial charge in [0.1, 0.15) is 23.7 Å². The molecule has 3 aromatic heterocycles. The molecule has 2 aromatic carbocycles. The number of para-hydroxylation sites is 1. The molecular weight excluding hydrogens is 425 g/mol. The van der Waals surface area contributed by atoms with Gasteiger partial charge in [0.05, 0.1) is 11.9 Å². The Hall–Kier alpha value is -4.53. The Morgan fingerprint density at radius 3 is 2.91 bits per heavy atom. The van der Waals surface area contributed by atoms with E-state index >= 15 is 0 Å². The van der Waals surface area contributed by atoms with Crippen LogP contribution in [0.3, 0.4) is 0 Å². The molecule has 0 saturated carbocycles. The first-order valence-corrected chi connectivity index (χ1v) is 10.2. The quantitative estimate of drug-likeness (QED) is 0.408. The highest BCUT2D eigenvalue weighted by Crippen LogP contribution is 2.24. The van der Waals surface area contributed by atoms with E-state index in [2.05, 4.69) is 20.6 Å². The van der Waals surface area contributed by atoms with Crippen LogP contribution >= 0.6 is 0 Å². The number of carbonyl (C=O) groups excluding carboxylic acids is 1. The summed E-state index contributed by atoms with van der Waals surface area (Å²) < 4.78 is 26.0. The van der Waals surface area contributed by atoms with Gasteiger partial charge in [-0.15, -0.1) is 0 Å². The lowest BCUT2D eigenvalue weighted by molar-refractivity contribution is 0.0941. The highest BCUT2D eigenvalue weighted by Gasteiger charge is 2.14. The number of amides is 1. The molecule has 3 heterocycles. The number of nitrogens with one attached hydrogen (secondary N) is 1. The van der Waals surface area contributed by atoms with Crippen LogP contribution in [0.15, 0.2) is 83.8 Å². The number of fused-ring (bicyclic) bond motifs is 1. The number of benzene rings is 2. The number of rotatable bonds is 7. The van der Waals surface area contributed by atoms with Gasteiger partial charge in [0, 0.05) is 36.0 Å². The number of halogens is 1. The van der Waals surface area contributed by atoms with E-state index in [0.29, 0.717) is 17.2 Å². The standard InChI is InChI=1S/C24H18FN5O3/c25-18-6-2-7-19(10-18)30-14-16(13-28-30)12-27-24(31)21-11-20(33-29-21)15-32-22-8-1-4-17-5-3-9-26-23(17)22/h1-11,13-14H,12,15H2,(H,27,31). The summed E-state index contributed by atoms with van der Waals surface area (Å²) in [5.41, 5.74) is 2.23. The summed E-state index contributed by atoms with van der Waals surface area (Å²) in [5.74, 6) is 0.286. The van der Waals surface area contributed by atoms with E-state index in [-0.39, 0.29) is 24.7 Å². The fraction of sp³-hybridized carbons (Fsp3) is 0.0833. The summed E-state index contributed by atoms with van der Waals surface area (Å²) in [6.07, 6.45) is 5.02. The van der Waals surface area contributed by atoms with Gasteiger partial charge >= 0.3 is 0 Å². The molecule has 8 nitrogen and oxygen atoms in total. The highest BCUT2D eigenvalue weighted by atomic mass is 19.1. The van der Waals surface area contributed by atoms with E-state index in [9.17, 15) is 9.18 Å². The van der Waals surface area contributed by atoms with E-state index in [1.165, 1.54) is 22.9 Å². The van der Waals surface area contributed by atoms with Gasteiger partial charge in [-0.1, -0.05) is 29.4 Å². The van der Waals surface area contributed by atoms with Crippen molar-refractivity contribution in [3.8, 4) is 11.4 Å². The van der Waals surface area contributed by atoms with Gasteiger partial charge in [0.2, 0.25) is 0 Å². The molecule has 0 unspecified atom stereocenters. The predicted molar refractivity (Wildman–Crippen MR) is 117 cm³/mol. The smallest absolute Gasteiger partial charge is 0.273 e. The minimum absolute atomic E-state index is 0.108. The van der Waals surface area contributed by atoms with E-state index in [1.54, 1.807) is 30.7 Å². The Bertz CT molecular complexity index is 1420. The topological polar surface area (TPSA) is 95.1 Å². The molecule has 0 aliphatic rings. The molecule has 1 amide bonds. The third kappa shape index (κ3) is 4.57. The molecule has 0 aliphatic heterocycles. The van der Waals surface area contributed by atoms with Crippen molar-refractivity contribution < 1.29 is 18.4 Å². The summed E-state index contributed by atoms with van der Waals surface area (Å²) in [5, 5.41) is 11.7. The maximum atomic E-state index is 13.4. The fourth-order valence-corrected chi connectivity index (χ4v) is 3.31. The maximum Gasteiger partial charge on any atom is 0.273 e. The van der Waals surface area contributed by atoms with Crippen molar-refractivity contribution in [3.05, 3.63) is 102 Å². The SMILES string of the molecule is O=C(NCc1cnn(-c2cccc(F)c2)c1)c1cc(COc2cccc3cccnc23)on1. The molecule has 5 aromatic rings. The van der Waals surface area contributed by atoms with Crippen molar-refractivity contribution in [1.82, 2.24) is 25.2 Å². The van der Waals surface area contributed by atoms with Crippen LogP contribution in [-0.4, -0.2) is 25.8 Å². The van der Waals surface area contributed by atoms with Crippen molar-refractivity contribution in [2.75, 3.05) is 0 Å². The van der Waals surface area contributed by atoms with Gasteiger partial charge in [0.25, 0.3) is 5.91 Å². The van der Waals surface area contributed by atoms with E-state index in [0.717, 1.165) is 16.5 Å². The summed E-state index contributed by atoms with van der Waals surface area (Å²) >= 11 is 0. The van der Waals surface area contributed by atoms with Crippen LogP contribution in [0, 0.1) is 5.82 Å². The van der Waals surface area contributed by atoms with Gasteiger partial charge in [-0.25, -0.2) is 9.07 Å². The Balaban J connectivity index is 1.18. The van der Waals surface area contributed by atoms with Crippen LogP contribution in [0.4, 0.5) is 4.39 Å². The van der Waals surface area contributed by atoms with Crippen LogP contribution in [-0.2, 0) is 13.2 Å². The third-order valence-corrected chi connectivity index (χ3v) is 4.92. The lowest BCUT2D eigenvalue weighted by Crippen LogP contribution is -2.22. The van der Waals surface area contributed by atoms with Gasteiger partial charge in [-0.2, -0.15) is 5.10 Å². The number of nitrogens with zero attached hydrogens (tertiary/aromatic N) is 4. The van der Waals surface area contributed by atoms with Gasteiger partial charge in [-0.3, -0.25) is 9.78 Å². The lowest BCUT2D eigenvalue weighted by Gasteiger charge is -2.06. The van der Waals surface area contributed by atoms with Crippen molar-refractivity contribution in [2.45, 2.75) is 13.2 Å². The molecular formula is C24H18FN5O3. The van der Waals surface area contributed by atoms with Crippen LogP contribution < -0.4 is 10.1 Å². The first kappa shape index (κ1) is 20.4. The normalized spacial score (nSPS) is 10.9. The molecule has 0 radical (unpaired) electrons. The predicted octanol–water partition coefficient (Wildman–Crippen LogP) is 4.06.